The van der Waals surface area contributed by atoms with E-state index in [1.54, 1.807) is 24.3 Å². The van der Waals surface area contributed by atoms with Crippen molar-refractivity contribution in [2.75, 3.05) is 0 Å². The summed E-state index contributed by atoms with van der Waals surface area (Å²) in [5.41, 5.74) is 2.73. The van der Waals surface area contributed by atoms with Crippen LogP contribution >= 0.6 is 0 Å². The van der Waals surface area contributed by atoms with Crippen molar-refractivity contribution in [3.63, 3.8) is 0 Å². The van der Waals surface area contributed by atoms with Crippen LogP contribution < -0.4 is 0 Å². The first-order valence-corrected chi connectivity index (χ1v) is 10.7. The summed E-state index contributed by atoms with van der Waals surface area (Å²) in [5, 5.41) is 3.79. The van der Waals surface area contributed by atoms with E-state index in [2.05, 4.69) is 0 Å². The first-order valence-electron chi connectivity index (χ1n) is 9.30. The predicted molar refractivity (Wildman–Crippen MR) is 116 cm³/mol. The summed E-state index contributed by atoms with van der Waals surface area (Å²) >= 11 is 0. The molecule has 0 saturated carbocycles. The Labute approximate surface area is 166 Å². The molecule has 0 saturated heterocycles. The molecule has 0 bridgehead atoms. The lowest BCUT2D eigenvalue weighted by Gasteiger charge is -2.09. The van der Waals surface area contributed by atoms with Gasteiger partial charge in [-0.05, 0) is 30.3 Å². The topological polar surface area (TPSA) is 52.2 Å². The zero-order chi connectivity index (χ0) is 19.6. The average molecular weight is 397 g/mol. The van der Waals surface area contributed by atoms with Crippen LogP contribution in [0.2, 0.25) is 0 Å². The maximum Gasteiger partial charge on any atom is 0.268 e. The number of furan rings is 1. The van der Waals surface area contributed by atoms with Gasteiger partial charge in [0.1, 0.15) is 11.2 Å². The number of rotatable bonds is 2. The smallest absolute Gasteiger partial charge is 0.268 e. The third kappa shape index (κ3) is 2.22. The fourth-order valence-corrected chi connectivity index (χ4v) is 5.65. The molecule has 0 aliphatic heterocycles. The van der Waals surface area contributed by atoms with Crippen LogP contribution in [0, 0.1) is 0 Å². The highest BCUT2D eigenvalue weighted by molar-refractivity contribution is 7.90. The summed E-state index contributed by atoms with van der Waals surface area (Å²) in [6, 6.07) is 27.8. The maximum atomic E-state index is 13.6. The monoisotopic (exact) mass is 397 g/mol. The number of aromatic nitrogens is 1. The van der Waals surface area contributed by atoms with Crippen molar-refractivity contribution in [2.24, 2.45) is 0 Å². The Morgan fingerprint density at radius 1 is 0.586 bits per heavy atom. The second-order valence-electron chi connectivity index (χ2n) is 7.06. The van der Waals surface area contributed by atoms with E-state index < -0.39 is 10.0 Å². The summed E-state index contributed by atoms with van der Waals surface area (Å²) in [6.45, 7) is 0. The Kier molecular flexibility index (Phi) is 3.23. The lowest BCUT2D eigenvalue weighted by Crippen LogP contribution is -2.12. The van der Waals surface area contributed by atoms with Gasteiger partial charge in [-0.3, -0.25) is 0 Å². The van der Waals surface area contributed by atoms with Crippen molar-refractivity contribution < 1.29 is 12.8 Å². The Bertz CT molecular complexity index is 1660. The van der Waals surface area contributed by atoms with E-state index in [9.17, 15) is 8.42 Å². The van der Waals surface area contributed by atoms with Crippen molar-refractivity contribution >= 4 is 53.8 Å². The molecule has 0 spiro atoms. The average Bonchev–Trinajstić information content (AvgIpc) is 3.28. The number of hydrogen-bond acceptors (Lipinski definition) is 3. The van der Waals surface area contributed by atoms with E-state index in [0.717, 1.165) is 27.1 Å². The highest BCUT2D eigenvalue weighted by Gasteiger charge is 2.24. The van der Waals surface area contributed by atoms with E-state index in [1.807, 2.05) is 66.7 Å². The molecule has 6 aromatic rings. The molecule has 0 aliphatic rings. The fraction of sp³-hybridized carbons (Fsp3) is 0. The fourth-order valence-electron chi connectivity index (χ4n) is 4.11. The molecule has 5 heteroatoms. The Morgan fingerprint density at radius 2 is 1.28 bits per heavy atom. The molecule has 0 amide bonds. The van der Waals surface area contributed by atoms with Crippen LogP contribution in [0.4, 0.5) is 0 Å². The highest BCUT2D eigenvalue weighted by atomic mass is 32.2. The van der Waals surface area contributed by atoms with Gasteiger partial charge >= 0.3 is 0 Å². The van der Waals surface area contributed by atoms with Crippen LogP contribution in [0.15, 0.2) is 100 Å². The summed E-state index contributed by atoms with van der Waals surface area (Å²) in [7, 11) is -3.77. The summed E-state index contributed by atoms with van der Waals surface area (Å²) < 4.78 is 34.6. The third-order valence-corrected chi connectivity index (χ3v) is 7.15. The number of benzene rings is 4. The molecule has 0 radical (unpaired) electrons. The first kappa shape index (κ1) is 16.4. The molecular formula is C24H15NO3S. The molecule has 2 heterocycles. The van der Waals surface area contributed by atoms with Crippen LogP contribution in [-0.4, -0.2) is 12.4 Å². The molecular weight excluding hydrogens is 382 g/mol. The third-order valence-electron chi connectivity index (χ3n) is 5.41. The summed E-state index contributed by atoms with van der Waals surface area (Å²) in [5.74, 6) is 0. The van der Waals surface area contributed by atoms with Gasteiger partial charge in [0.05, 0.1) is 15.9 Å². The van der Waals surface area contributed by atoms with Gasteiger partial charge in [0, 0.05) is 27.6 Å². The second kappa shape index (κ2) is 5.72. The van der Waals surface area contributed by atoms with Gasteiger partial charge in [-0.15, -0.1) is 0 Å². The molecule has 4 nitrogen and oxygen atoms in total. The predicted octanol–water partition coefficient (Wildman–Crippen LogP) is 5.93. The van der Waals surface area contributed by atoms with Gasteiger partial charge in [-0.25, -0.2) is 12.4 Å². The van der Waals surface area contributed by atoms with Crippen LogP contribution in [0.1, 0.15) is 0 Å². The molecule has 0 fully saturated rings. The van der Waals surface area contributed by atoms with Crippen LogP contribution in [0.5, 0.6) is 0 Å². The molecule has 0 atom stereocenters. The molecule has 6 rings (SSSR count). The van der Waals surface area contributed by atoms with Crippen molar-refractivity contribution in [1.29, 1.82) is 0 Å². The number of hydrogen-bond donors (Lipinski definition) is 0. The minimum Gasteiger partial charge on any atom is -0.456 e. The largest absolute Gasteiger partial charge is 0.456 e. The van der Waals surface area contributed by atoms with Crippen LogP contribution in [0.3, 0.4) is 0 Å². The van der Waals surface area contributed by atoms with Crippen molar-refractivity contribution in [1.82, 2.24) is 3.97 Å². The molecule has 0 aliphatic carbocycles. The number of fused-ring (bicyclic) bond motifs is 6. The van der Waals surface area contributed by atoms with Gasteiger partial charge in [0.15, 0.2) is 0 Å². The molecule has 0 N–H and O–H groups in total. The molecule has 2 aromatic heterocycles. The van der Waals surface area contributed by atoms with Crippen LogP contribution in [0.25, 0.3) is 43.7 Å². The van der Waals surface area contributed by atoms with Crippen molar-refractivity contribution in [2.45, 2.75) is 4.90 Å². The summed E-state index contributed by atoms with van der Waals surface area (Å²) in [6.07, 6.45) is 0. The molecule has 29 heavy (non-hydrogen) atoms. The van der Waals surface area contributed by atoms with E-state index in [0.29, 0.717) is 16.6 Å². The maximum absolute atomic E-state index is 13.6. The lowest BCUT2D eigenvalue weighted by molar-refractivity contribution is 0.590. The zero-order valence-electron chi connectivity index (χ0n) is 15.2. The highest BCUT2D eigenvalue weighted by Crippen LogP contribution is 2.38. The van der Waals surface area contributed by atoms with Gasteiger partial charge in [0.2, 0.25) is 0 Å². The standard InChI is InChI=1S/C24H15NO3S/c26-29(27,16-8-2-1-3-9-16)25-21-12-6-4-10-17(21)19-14-20-18-11-5-7-13-23(18)28-24(20)15-22(19)25/h1-15H. The number of nitrogens with zero attached hydrogens (tertiary/aromatic N) is 1. The Balaban J connectivity index is 1.81. The Hall–Kier alpha value is -3.57. The van der Waals surface area contributed by atoms with Gasteiger partial charge in [-0.1, -0.05) is 54.6 Å². The first-order chi connectivity index (χ1) is 14.1. The molecule has 4 aromatic carbocycles. The zero-order valence-corrected chi connectivity index (χ0v) is 16.1. The minimum atomic E-state index is -3.77. The lowest BCUT2D eigenvalue weighted by atomic mass is 10.1. The number of para-hydroxylation sites is 2. The minimum absolute atomic E-state index is 0.257. The Morgan fingerprint density at radius 3 is 2.10 bits per heavy atom. The van der Waals surface area contributed by atoms with Crippen LogP contribution in [-0.2, 0) is 10.0 Å². The normalized spacial score (nSPS) is 12.4. The van der Waals surface area contributed by atoms with Crippen molar-refractivity contribution in [3.05, 3.63) is 91.0 Å². The summed E-state index contributed by atoms with van der Waals surface area (Å²) in [4.78, 5) is 0.257. The molecule has 0 unspecified atom stereocenters. The molecule has 140 valence electrons. The SMILES string of the molecule is O=S(=O)(c1ccccc1)n1c2ccccc2c2cc3c(cc21)oc1ccccc13. The van der Waals surface area contributed by atoms with Gasteiger partial charge < -0.3 is 4.42 Å². The van der Waals surface area contributed by atoms with Gasteiger partial charge in [0.25, 0.3) is 10.0 Å². The van der Waals surface area contributed by atoms with Gasteiger partial charge in [-0.2, -0.15) is 0 Å². The van der Waals surface area contributed by atoms with E-state index >= 15 is 0 Å². The van der Waals surface area contributed by atoms with E-state index in [-0.39, 0.29) is 4.90 Å². The quantitative estimate of drug-likeness (QED) is 0.364. The van der Waals surface area contributed by atoms with E-state index in [1.165, 1.54) is 3.97 Å². The van der Waals surface area contributed by atoms with Crippen molar-refractivity contribution in [3.8, 4) is 0 Å². The second-order valence-corrected chi connectivity index (χ2v) is 8.85. The van der Waals surface area contributed by atoms with E-state index in [4.69, 9.17) is 4.42 Å².